The van der Waals surface area contributed by atoms with E-state index in [1.54, 1.807) is 12.1 Å². The lowest BCUT2D eigenvalue weighted by Crippen LogP contribution is -2.26. The minimum Gasteiger partial charge on any atom is -0.326 e. The maximum atomic E-state index is 12.3. The summed E-state index contributed by atoms with van der Waals surface area (Å²) in [7, 11) is -3.59. The molecule has 24 heavy (non-hydrogen) atoms. The molecule has 0 aliphatic carbocycles. The molecule has 2 aromatic heterocycles. The molecule has 0 saturated heterocycles. The van der Waals surface area contributed by atoms with Gasteiger partial charge in [0.25, 0.3) is 0 Å². The number of fused-ring (bicyclic) bond motifs is 1. The number of hydrogen-bond donors (Lipinski definition) is 2. The van der Waals surface area contributed by atoms with E-state index in [1.165, 1.54) is 30.4 Å². The number of sulfonamides is 1. The molecule has 3 aromatic rings. The second-order valence-electron chi connectivity index (χ2n) is 5.18. The van der Waals surface area contributed by atoms with Crippen molar-refractivity contribution < 1.29 is 13.2 Å². The van der Waals surface area contributed by atoms with Gasteiger partial charge in [0.2, 0.25) is 15.9 Å². The Hall–Kier alpha value is -2.23. The number of carbonyl (C=O) groups is 1. The molecule has 0 atom stereocenters. The number of anilines is 1. The number of amides is 1. The van der Waals surface area contributed by atoms with Gasteiger partial charge < -0.3 is 5.32 Å². The number of aromatic nitrogens is 2. The highest BCUT2D eigenvalue weighted by Crippen LogP contribution is 2.14. The van der Waals surface area contributed by atoms with E-state index in [4.69, 9.17) is 0 Å². The Bertz CT molecular complexity index is 930. The van der Waals surface area contributed by atoms with E-state index < -0.39 is 10.0 Å². The van der Waals surface area contributed by atoms with Crippen LogP contribution in [0.4, 0.5) is 5.69 Å². The molecule has 0 unspecified atom stereocenters. The van der Waals surface area contributed by atoms with Crippen LogP contribution in [0.1, 0.15) is 12.6 Å². The van der Waals surface area contributed by atoms with Gasteiger partial charge in [0.1, 0.15) is 0 Å². The molecule has 1 aromatic carbocycles. The summed E-state index contributed by atoms with van der Waals surface area (Å²) < 4.78 is 29.0. The number of hydrogen-bond acceptors (Lipinski definition) is 5. The molecule has 0 saturated carbocycles. The fourth-order valence-corrected chi connectivity index (χ4v) is 3.96. The topological polar surface area (TPSA) is 92.6 Å². The zero-order valence-corrected chi connectivity index (χ0v) is 14.5. The second-order valence-corrected chi connectivity index (χ2v) is 7.82. The van der Waals surface area contributed by atoms with Crippen LogP contribution in [-0.4, -0.2) is 30.3 Å². The van der Waals surface area contributed by atoms with Crippen molar-refractivity contribution in [3.63, 3.8) is 0 Å². The lowest BCUT2D eigenvalue weighted by atomic mass is 10.3. The maximum absolute atomic E-state index is 12.3. The van der Waals surface area contributed by atoms with E-state index in [1.807, 2.05) is 22.2 Å². The van der Waals surface area contributed by atoms with Gasteiger partial charge in [-0.2, -0.15) is 0 Å². The average Bonchev–Trinajstić information content (AvgIpc) is 3.08. The number of nitrogens with one attached hydrogen (secondary N) is 2. The van der Waals surface area contributed by atoms with E-state index >= 15 is 0 Å². The Kier molecular flexibility index (Phi) is 4.65. The zero-order chi connectivity index (χ0) is 17.2. The first-order valence-electron chi connectivity index (χ1n) is 7.22. The van der Waals surface area contributed by atoms with Gasteiger partial charge >= 0.3 is 0 Å². The predicted octanol–water partition coefficient (Wildman–Crippen LogP) is 1.88. The van der Waals surface area contributed by atoms with Crippen LogP contribution in [0.2, 0.25) is 0 Å². The molecule has 0 spiro atoms. The first-order chi connectivity index (χ1) is 11.4. The lowest BCUT2D eigenvalue weighted by Gasteiger charge is -2.07. The Morgan fingerprint density at radius 3 is 2.71 bits per heavy atom. The van der Waals surface area contributed by atoms with Gasteiger partial charge in [-0.1, -0.05) is 0 Å². The summed E-state index contributed by atoms with van der Waals surface area (Å²) in [6, 6.07) is 6.03. The zero-order valence-electron chi connectivity index (χ0n) is 12.9. The first-order valence-corrected chi connectivity index (χ1v) is 9.59. The third-order valence-corrected chi connectivity index (χ3v) is 5.55. The predicted molar refractivity (Wildman–Crippen MR) is 92.7 cm³/mol. The molecule has 0 bridgehead atoms. The summed E-state index contributed by atoms with van der Waals surface area (Å²) in [6.45, 7) is 1.66. The Labute approximate surface area is 143 Å². The van der Waals surface area contributed by atoms with Crippen molar-refractivity contribution in [3.05, 3.63) is 47.7 Å². The first kappa shape index (κ1) is 16.6. The van der Waals surface area contributed by atoms with E-state index in [0.29, 0.717) is 12.1 Å². The Morgan fingerprint density at radius 1 is 1.29 bits per heavy atom. The average molecular weight is 364 g/mol. The van der Waals surface area contributed by atoms with Crippen molar-refractivity contribution in [2.45, 2.75) is 18.2 Å². The molecule has 2 N–H and O–H groups in total. The van der Waals surface area contributed by atoms with Crippen LogP contribution < -0.4 is 10.0 Å². The Morgan fingerprint density at radius 2 is 2.04 bits per heavy atom. The van der Waals surface area contributed by atoms with E-state index in [9.17, 15) is 13.2 Å². The summed E-state index contributed by atoms with van der Waals surface area (Å²) in [6.07, 6.45) is 4.32. The van der Waals surface area contributed by atoms with Crippen molar-refractivity contribution in [1.29, 1.82) is 0 Å². The van der Waals surface area contributed by atoms with Crippen molar-refractivity contribution in [2.24, 2.45) is 0 Å². The van der Waals surface area contributed by atoms with E-state index in [-0.39, 0.29) is 17.3 Å². The smallest absolute Gasteiger partial charge is 0.240 e. The third kappa shape index (κ3) is 3.81. The molecule has 126 valence electrons. The Balaban J connectivity index is 1.60. The highest BCUT2D eigenvalue weighted by Gasteiger charge is 2.14. The van der Waals surface area contributed by atoms with Crippen LogP contribution >= 0.6 is 11.3 Å². The summed E-state index contributed by atoms with van der Waals surface area (Å²) >= 11 is 1.53. The monoisotopic (exact) mass is 364 g/mol. The number of thiazole rings is 1. The largest absolute Gasteiger partial charge is 0.326 e. The molecule has 7 nitrogen and oxygen atoms in total. The van der Waals surface area contributed by atoms with Crippen LogP contribution in [0.25, 0.3) is 4.96 Å². The summed E-state index contributed by atoms with van der Waals surface area (Å²) in [5, 5.41) is 4.54. The van der Waals surface area contributed by atoms with Gasteiger partial charge in [0.05, 0.1) is 10.6 Å². The molecule has 3 rings (SSSR count). The van der Waals surface area contributed by atoms with Gasteiger partial charge in [-0.3, -0.25) is 9.20 Å². The molecular weight excluding hydrogens is 348 g/mol. The number of carbonyl (C=O) groups excluding carboxylic acids is 1. The molecule has 0 radical (unpaired) electrons. The van der Waals surface area contributed by atoms with Crippen molar-refractivity contribution in [3.8, 4) is 0 Å². The molecule has 0 fully saturated rings. The second kappa shape index (κ2) is 6.71. The lowest BCUT2D eigenvalue weighted by molar-refractivity contribution is -0.114. The number of rotatable bonds is 6. The van der Waals surface area contributed by atoms with Gasteiger partial charge in [-0.05, 0) is 24.3 Å². The number of nitrogens with zero attached hydrogens (tertiary/aromatic N) is 2. The summed E-state index contributed by atoms with van der Waals surface area (Å²) in [5.74, 6) is -0.205. The summed E-state index contributed by atoms with van der Waals surface area (Å²) in [4.78, 5) is 16.4. The number of benzene rings is 1. The van der Waals surface area contributed by atoms with E-state index in [0.717, 1.165) is 10.7 Å². The van der Waals surface area contributed by atoms with Gasteiger partial charge in [-0.15, -0.1) is 11.3 Å². The maximum Gasteiger partial charge on any atom is 0.240 e. The quantitative estimate of drug-likeness (QED) is 0.698. The van der Waals surface area contributed by atoms with Crippen LogP contribution in [0.5, 0.6) is 0 Å². The highest BCUT2D eigenvalue weighted by molar-refractivity contribution is 7.89. The molecule has 0 aliphatic heterocycles. The fraction of sp³-hybridized carbons (Fsp3) is 0.200. The van der Waals surface area contributed by atoms with Crippen LogP contribution in [0, 0.1) is 0 Å². The van der Waals surface area contributed by atoms with Crippen LogP contribution in [0.3, 0.4) is 0 Å². The van der Waals surface area contributed by atoms with Crippen molar-refractivity contribution in [1.82, 2.24) is 14.1 Å². The standard InChI is InChI=1S/C15H16N4O3S2/c1-11(20)17-12-2-4-14(5-3-12)24(21,22)16-7-6-13-10-19-8-9-23-15(19)18-13/h2-5,8-10,16H,6-7H2,1H3,(H,17,20). The minimum atomic E-state index is -3.59. The fourth-order valence-electron chi connectivity index (χ4n) is 2.21. The van der Waals surface area contributed by atoms with Crippen molar-refractivity contribution in [2.75, 3.05) is 11.9 Å². The van der Waals surface area contributed by atoms with Crippen molar-refractivity contribution >= 4 is 37.9 Å². The normalized spacial score (nSPS) is 11.7. The minimum absolute atomic E-state index is 0.155. The SMILES string of the molecule is CC(=O)Nc1ccc(S(=O)(=O)NCCc2cn3ccsc3n2)cc1. The summed E-state index contributed by atoms with van der Waals surface area (Å²) in [5.41, 5.74) is 1.39. The molecule has 9 heteroatoms. The highest BCUT2D eigenvalue weighted by atomic mass is 32.2. The molecule has 1 amide bonds. The van der Waals surface area contributed by atoms with E-state index in [2.05, 4.69) is 15.0 Å². The number of imidazole rings is 1. The van der Waals surface area contributed by atoms with Crippen LogP contribution in [-0.2, 0) is 21.2 Å². The molecule has 0 aliphatic rings. The third-order valence-electron chi connectivity index (χ3n) is 3.30. The molecular formula is C15H16N4O3S2. The molecule has 2 heterocycles. The van der Waals surface area contributed by atoms with Gasteiger partial charge in [-0.25, -0.2) is 18.1 Å². The van der Waals surface area contributed by atoms with Gasteiger partial charge in [0.15, 0.2) is 4.96 Å². The van der Waals surface area contributed by atoms with Crippen LogP contribution in [0.15, 0.2) is 46.9 Å². The van der Waals surface area contributed by atoms with Gasteiger partial charge in [0, 0.05) is 43.4 Å².